The molecule has 0 bridgehead atoms. The van der Waals surface area contributed by atoms with Crippen LogP contribution in [0.25, 0.3) is 0 Å². The zero-order chi connectivity index (χ0) is 24.4. The second kappa shape index (κ2) is 10.0. The SMILES string of the molecule is COc1ccc2c(c1)C(O)C(C1COc3ccc(OC)cc3C1OCCc1ccnc(N)c1)CO2. The topological polar surface area (TPSA) is 105 Å². The van der Waals surface area contributed by atoms with Gasteiger partial charge in [-0.05, 0) is 60.5 Å². The number of nitrogens with zero attached hydrogens (tertiary/aromatic N) is 1. The van der Waals surface area contributed by atoms with Gasteiger partial charge in [0.25, 0.3) is 0 Å². The van der Waals surface area contributed by atoms with Crippen molar-refractivity contribution < 1.29 is 28.8 Å². The normalized spacial score (nSPS) is 22.8. The van der Waals surface area contributed by atoms with Gasteiger partial charge in [-0.2, -0.15) is 0 Å². The highest BCUT2D eigenvalue weighted by molar-refractivity contribution is 5.45. The van der Waals surface area contributed by atoms with Crippen LogP contribution in [0.1, 0.15) is 28.9 Å². The highest BCUT2D eigenvalue weighted by Crippen LogP contribution is 2.48. The molecule has 3 aromatic rings. The monoisotopic (exact) mass is 478 g/mol. The van der Waals surface area contributed by atoms with Crippen molar-refractivity contribution in [1.29, 1.82) is 0 Å². The van der Waals surface area contributed by atoms with Gasteiger partial charge in [-0.3, -0.25) is 0 Å². The fourth-order valence-corrected chi connectivity index (χ4v) is 4.91. The summed E-state index contributed by atoms with van der Waals surface area (Å²) in [5.74, 6) is 2.92. The predicted molar refractivity (Wildman–Crippen MR) is 130 cm³/mol. The highest BCUT2D eigenvalue weighted by atomic mass is 16.5. The number of aliphatic hydroxyl groups is 1. The van der Waals surface area contributed by atoms with Gasteiger partial charge in [-0.1, -0.05) is 0 Å². The second-order valence-corrected chi connectivity index (χ2v) is 8.83. The number of pyridine rings is 1. The van der Waals surface area contributed by atoms with Crippen LogP contribution in [0.2, 0.25) is 0 Å². The number of hydrogen-bond acceptors (Lipinski definition) is 8. The van der Waals surface area contributed by atoms with Crippen molar-refractivity contribution in [3.05, 3.63) is 71.4 Å². The van der Waals surface area contributed by atoms with Gasteiger partial charge in [0, 0.05) is 29.2 Å². The average molecular weight is 479 g/mol. The largest absolute Gasteiger partial charge is 0.497 e. The summed E-state index contributed by atoms with van der Waals surface area (Å²) in [5, 5.41) is 11.4. The van der Waals surface area contributed by atoms with Crippen molar-refractivity contribution >= 4 is 5.82 Å². The van der Waals surface area contributed by atoms with Gasteiger partial charge in [0.15, 0.2) is 0 Å². The summed E-state index contributed by atoms with van der Waals surface area (Å²) < 4.78 is 29.5. The fraction of sp³-hybridized carbons (Fsp3) is 0.370. The first-order valence-corrected chi connectivity index (χ1v) is 11.7. The minimum atomic E-state index is -0.749. The Labute approximate surface area is 204 Å². The number of nitrogens with two attached hydrogens (primary N) is 1. The van der Waals surface area contributed by atoms with Crippen LogP contribution in [0, 0.1) is 11.8 Å². The Morgan fingerprint density at radius 3 is 2.26 bits per heavy atom. The van der Waals surface area contributed by atoms with Crippen molar-refractivity contribution in [2.45, 2.75) is 18.6 Å². The third-order valence-corrected chi connectivity index (χ3v) is 6.80. The first-order valence-electron chi connectivity index (χ1n) is 11.7. The summed E-state index contributed by atoms with van der Waals surface area (Å²) in [5.41, 5.74) is 8.49. The molecule has 2 aliphatic heterocycles. The second-order valence-electron chi connectivity index (χ2n) is 8.83. The molecule has 0 spiro atoms. The van der Waals surface area contributed by atoms with Crippen LogP contribution in [-0.2, 0) is 11.2 Å². The van der Waals surface area contributed by atoms with Crippen LogP contribution in [0.4, 0.5) is 5.82 Å². The molecule has 0 aliphatic carbocycles. The van der Waals surface area contributed by atoms with Crippen molar-refractivity contribution in [3.8, 4) is 23.0 Å². The lowest BCUT2D eigenvalue weighted by Gasteiger charge is -2.41. The van der Waals surface area contributed by atoms with Crippen LogP contribution in [0.3, 0.4) is 0 Å². The molecule has 35 heavy (non-hydrogen) atoms. The first kappa shape index (κ1) is 23.3. The van der Waals surface area contributed by atoms with E-state index in [-0.39, 0.29) is 17.9 Å². The van der Waals surface area contributed by atoms with Crippen molar-refractivity contribution in [2.75, 3.05) is 39.8 Å². The lowest BCUT2D eigenvalue weighted by atomic mass is 9.77. The molecule has 4 unspecified atom stereocenters. The molecule has 0 radical (unpaired) electrons. The number of fused-ring (bicyclic) bond motifs is 2. The zero-order valence-electron chi connectivity index (χ0n) is 19.8. The summed E-state index contributed by atoms with van der Waals surface area (Å²) >= 11 is 0. The van der Waals surface area contributed by atoms with E-state index < -0.39 is 6.10 Å². The Morgan fingerprint density at radius 2 is 1.57 bits per heavy atom. The average Bonchev–Trinajstić information content (AvgIpc) is 2.89. The molecule has 0 amide bonds. The Kier molecular flexibility index (Phi) is 6.66. The molecule has 0 saturated carbocycles. The number of rotatable bonds is 7. The maximum absolute atomic E-state index is 11.4. The number of nitrogen functional groups attached to an aromatic ring is 1. The number of hydrogen-bond donors (Lipinski definition) is 2. The molecule has 3 N–H and O–H groups in total. The molecule has 4 atom stereocenters. The van der Waals surface area contributed by atoms with Gasteiger partial charge in [-0.25, -0.2) is 4.98 Å². The number of ether oxygens (including phenoxy) is 5. The van der Waals surface area contributed by atoms with Crippen LogP contribution < -0.4 is 24.7 Å². The molecule has 8 nitrogen and oxygen atoms in total. The summed E-state index contributed by atoms with van der Waals surface area (Å²) in [4.78, 5) is 4.05. The van der Waals surface area contributed by atoms with Gasteiger partial charge in [0.1, 0.15) is 28.8 Å². The van der Waals surface area contributed by atoms with Crippen molar-refractivity contribution in [2.24, 2.45) is 11.8 Å². The Balaban J connectivity index is 1.42. The maximum Gasteiger partial charge on any atom is 0.125 e. The van der Waals surface area contributed by atoms with Crippen molar-refractivity contribution in [1.82, 2.24) is 4.98 Å². The fourth-order valence-electron chi connectivity index (χ4n) is 4.91. The number of methoxy groups -OCH3 is 2. The van der Waals surface area contributed by atoms with Crippen LogP contribution in [0.5, 0.6) is 23.0 Å². The van der Waals surface area contributed by atoms with Crippen LogP contribution >= 0.6 is 0 Å². The first-order chi connectivity index (χ1) is 17.1. The minimum Gasteiger partial charge on any atom is -0.497 e. The molecule has 1 aromatic heterocycles. The predicted octanol–water partition coefficient (Wildman–Crippen LogP) is 3.73. The maximum atomic E-state index is 11.4. The lowest BCUT2D eigenvalue weighted by molar-refractivity contribution is -0.0833. The molecule has 0 fully saturated rings. The van der Waals surface area contributed by atoms with E-state index in [1.807, 2.05) is 48.5 Å². The molecule has 2 aromatic carbocycles. The van der Waals surface area contributed by atoms with Gasteiger partial charge in [0.2, 0.25) is 0 Å². The smallest absolute Gasteiger partial charge is 0.125 e. The summed E-state index contributed by atoms with van der Waals surface area (Å²) in [6.45, 7) is 1.22. The number of benzene rings is 2. The molecule has 2 aliphatic rings. The van der Waals surface area contributed by atoms with E-state index in [1.165, 1.54) is 0 Å². The van der Waals surface area contributed by atoms with E-state index >= 15 is 0 Å². The third-order valence-electron chi connectivity index (χ3n) is 6.80. The van der Waals surface area contributed by atoms with Gasteiger partial charge < -0.3 is 34.5 Å². The molecule has 5 rings (SSSR count). The van der Waals surface area contributed by atoms with E-state index in [4.69, 9.17) is 29.4 Å². The summed E-state index contributed by atoms with van der Waals surface area (Å²) in [6.07, 6.45) is 1.31. The van der Waals surface area contributed by atoms with E-state index in [0.717, 1.165) is 22.6 Å². The summed E-state index contributed by atoms with van der Waals surface area (Å²) in [7, 11) is 3.24. The van der Waals surface area contributed by atoms with Crippen LogP contribution in [0.15, 0.2) is 54.7 Å². The van der Waals surface area contributed by atoms with E-state index in [9.17, 15) is 5.11 Å². The molecular formula is C27H30N2O6. The number of aromatic nitrogens is 1. The molecular weight excluding hydrogens is 448 g/mol. The Bertz CT molecular complexity index is 1190. The lowest BCUT2D eigenvalue weighted by Crippen LogP contribution is -2.41. The standard InChI is InChI=1S/C27H30N2O6/c1-31-17-3-5-23-19(12-17)26(30)21(14-34-23)22-15-35-24-6-4-18(32-2)13-20(24)27(22)33-10-8-16-7-9-29-25(28)11-16/h3-7,9,11-13,21-22,26-27,30H,8,10,14-15H2,1-2H3,(H2,28,29). The van der Waals surface area contributed by atoms with E-state index in [1.54, 1.807) is 20.4 Å². The highest BCUT2D eigenvalue weighted by Gasteiger charge is 2.43. The quantitative estimate of drug-likeness (QED) is 0.529. The molecule has 184 valence electrons. The molecule has 0 saturated heterocycles. The number of aliphatic hydroxyl groups excluding tert-OH is 1. The molecule has 8 heteroatoms. The van der Waals surface area contributed by atoms with Crippen LogP contribution in [-0.4, -0.2) is 44.1 Å². The Morgan fingerprint density at radius 1 is 0.914 bits per heavy atom. The van der Waals surface area contributed by atoms with Gasteiger partial charge in [-0.15, -0.1) is 0 Å². The summed E-state index contributed by atoms with van der Waals surface area (Å²) in [6, 6.07) is 15.0. The van der Waals surface area contributed by atoms with E-state index in [0.29, 0.717) is 49.1 Å². The zero-order valence-corrected chi connectivity index (χ0v) is 19.8. The Hall–Kier alpha value is -3.49. The molecule has 3 heterocycles. The van der Waals surface area contributed by atoms with Gasteiger partial charge in [0.05, 0.1) is 46.2 Å². The van der Waals surface area contributed by atoms with Gasteiger partial charge >= 0.3 is 0 Å². The number of anilines is 1. The van der Waals surface area contributed by atoms with E-state index in [2.05, 4.69) is 4.98 Å². The third kappa shape index (κ3) is 4.72. The van der Waals surface area contributed by atoms with Crippen molar-refractivity contribution in [3.63, 3.8) is 0 Å². The minimum absolute atomic E-state index is 0.147.